The number of aliphatic hydroxyl groups excluding tert-OH is 2. The van der Waals surface area contributed by atoms with Crippen LogP contribution in [0.1, 0.15) is 11.3 Å². The third-order valence-corrected chi connectivity index (χ3v) is 2.55. The molecular formula is C12H17NO4. The summed E-state index contributed by atoms with van der Waals surface area (Å²) >= 11 is 0. The first-order valence-corrected chi connectivity index (χ1v) is 5.23. The lowest BCUT2D eigenvalue weighted by atomic mass is 10.1. The maximum atomic E-state index is 11.5. The molecule has 0 fully saturated rings. The number of aliphatic hydroxyl groups is 2. The Bertz CT molecular complexity index is 464. The summed E-state index contributed by atoms with van der Waals surface area (Å²) in [6.07, 6.45) is 0.661. The zero-order valence-electron chi connectivity index (χ0n) is 10.0. The molecule has 0 amide bonds. The van der Waals surface area contributed by atoms with E-state index in [4.69, 9.17) is 9.84 Å². The molecule has 0 aromatic carbocycles. The van der Waals surface area contributed by atoms with Gasteiger partial charge in [0.15, 0.2) is 5.43 Å². The third kappa shape index (κ3) is 2.95. The van der Waals surface area contributed by atoms with Crippen molar-refractivity contribution in [1.29, 1.82) is 0 Å². The van der Waals surface area contributed by atoms with E-state index < -0.39 is 6.10 Å². The predicted octanol–water partition coefficient (Wildman–Crippen LogP) is 0.127. The van der Waals surface area contributed by atoms with Gasteiger partial charge >= 0.3 is 0 Å². The SMILES string of the molecule is C=C(OC)c1c(C)c(=O)ccn1CC(O)CO. The van der Waals surface area contributed by atoms with Gasteiger partial charge in [-0.3, -0.25) is 4.79 Å². The highest BCUT2D eigenvalue weighted by Crippen LogP contribution is 2.15. The summed E-state index contributed by atoms with van der Waals surface area (Å²) in [5.41, 5.74) is 0.921. The molecule has 1 heterocycles. The molecule has 0 aliphatic heterocycles. The standard InChI is InChI=1S/C12H17NO4/c1-8-11(16)4-5-13(6-10(15)7-14)12(8)9(2)17-3/h4-5,10,14-15H,2,6-7H2,1,3H3. The molecule has 1 aromatic rings. The minimum absolute atomic E-state index is 0.118. The van der Waals surface area contributed by atoms with Crippen LogP contribution >= 0.6 is 0 Å². The number of methoxy groups -OCH3 is 1. The van der Waals surface area contributed by atoms with Gasteiger partial charge in [-0.1, -0.05) is 6.58 Å². The largest absolute Gasteiger partial charge is 0.495 e. The minimum atomic E-state index is -0.889. The molecular weight excluding hydrogens is 222 g/mol. The number of hydrogen-bond acceptors (Lipinski definition) is 4. The van der Waals surface area contributed by atoms with Crippen molar-refractivity contribution in [3.63, 3.8) is 0 Å². The Kier molecular flexibility index (Phi) is 4.48. The number of pyridine rings is 1. The van der Waals surface area contributed by atoms with Crippen LogP contribution in [0.2, 0.25) is 0 Å². The summed E-state index contributed by atoms with van der Waals surface area (Å²) in [5.74, 6) is 0.352. The van der Waals surface area contributed by atoms with Gasteiger partial charge in [-0.15, -0.1) is 0 Å². The van der Waals surface area contributed by atoms with E-state index in [2.05, 4.69) is 6.58 Å². The van der Waals surface area contributed by atoms with E-state index in [9.17, 15) is 9.90 Å². The molecule has 0 saturated carbocycles. The van der Waals surface area contributed by atoms with Crippen molar-refractivity contribution in [1.82, 2.24) is 4.57 Å². The normalized spacial score (nSPS) is 12.2. The van der Waals surface area contributed by atoms with Gasteiger partial charge in [-0.2, -0.15) is 0 Å². The van der Waals surface area contributed by atoms with Crippen molar-refractivity contribution in [2.45, 2.75) is 19.6 Å². The van der Waals surface area contributed by atoms with Gasteiger partial charge in [-0.05, 0) is 6.92 Å². The molecule has 0 bridgehead atoms. The molecule has 1 rings (SSSR count). The lowest BCUT2D eigenvalue weighted by molar-refractivity contribution is 0.0806. The summed E-state index contributed by atoms with van der Waals surface area (Å²) in [7, 11) is 1.46. The van der Waals surface area contributed by atoms with Crippen molar-refractivity contribution in [2.75, 3.05) is 13.7 Å². The smallest absolute Gasteiger partial charge is 0.185 e. The Morgan fingerprint density at radius 1 is 1.65 bits per heavy atom. The highest BCUT2D eigenvalue weighted by Gasteiger charge is 2.13. The van der Waals surface area contributed by atoms with Crippen LogP contribution in [0.5, 0.6) is 0 Å². The van der Waals surface area contributed by atoms with Crippen molar-refractivity contribution in [2.24, 2.45) is 0 Å². The maximum Gasteiger partial charge on any atom is 0.185 e. The summed E-state index contributed by atoms with van der Waals surface area (Å²) < 4.78 is 6.67. The number of ether oxygens (including phenoxy) is 1. The molecule has 5 heteroatoms. The summed E-state index contributed by atoms with van der Waals surface area (Å²) in [4.78, 5) is 11.5. The quantitative estimate of drug-likeness (QED) is 0.716. The monoisotopic (exact) mass is 239 g/mol. The molecule has 0 spiro atoms. The highest BCUT2D eigenvalue weighted by atomic mass is 16.5. The number of aromatic nitrogens is 1. The van der Waals surface area contributed by atoms with Gasteiger partial charge < -0.3 is 19.5 Å². The van der Waals surface area contributed by atoms with E-state index in [1.54, 1.807) is 17.7 Å². The Morgan fingerprint density at radius 2 is 2.29 bits per heavy atom. The zero-order valence-corrected chi connectivity index (χ0v) is 10.0. The summed E-state index contributed by atoms with van der Waals surface area (Å²) in [5, 5.41) is 18.3. The fraction of sp³-hybridized carbons (Fsp3) is 0.417. The van der Waals surface area contributed by atoms with Crippen LogP contribution in [0.25, 0.3) is 5.76 Å². The molecule has 1 unspecified atom stereocenters. The molecule has 0 aliphatic carbocycles. The average molecular weight is 239 g/mol. The molecule has 94 valence electrons. The van der Waals surface area contributed by atoms with Crippen LogP contribution in [-0.4, -0.2) is 34.6 Å². The average Bonchev–Trinajstić information content (AvgIpc) is 2.33. The minimum Gasteiger partial charge on any atom is -0.495 e. The predicted molar refractivity (Wildman–Crippen MR) is 64.6 cm³/mol. The van der Waals surface area contributed by atoms with Crippen molar-refractivity contribution in [3.05, 3.63) is 40.3 Å². The van der Waals surface area contributed by atoms with Gasteiger partial charge in [0.1, 0.15) is 5.76 Å². The van der Waals surface area contributed by atoms with Crippen LogP contribution in [0.15, 0.2) is 23.6 Å². The lowest BCUT2D eigenvalue weighted by Crippen LogP contribution is -2.24. The summed E-state index contributed by atoms with van der Waals surface area (Å²) in [6.45, 7) is 5.22. The molecule has 17 heavy (non-hydrogen) atoms. The first-order chi connectivity index (χ1) is 8.01. The molecule has 0 saturated heterocycles. The van der Waals surface area contributed by atoms with Gasteiger partial charge in [0.2, 0.25) is 0 Å². The van der Waals surface area contributed by atoms with Crippen LogP contribution in [0.3, 0.4) is 0 Å². The van der Waals surface area contributed by atoms with E-state index in [-0.39, 0.29) is 18.6 Å². The molecule has 2 N–H and O–H groups in total. The lowest BCUT2D eigenvalue weighted by Gasteiger charge is -2.18. The number of rotatable bonds is 5. The Labute approximate surface area is 99.6 Å². The van der Waals surface area contributed by atoms with E-state index in [0.29, 0.717) is 17.0 Å². The number of hydrogen-bond donors (Lipinski definition) is 2. The molecule has 1 atom stereocenters. The maximum absolute atomic E-state index is 11.5. The Hall–Kier alpha value is -1.59. The van der Waals surface area contributed by atoms with Crippen LogP contribution in [0.4, 0.5) is 0 Å². The Balaban J connectivity index is 3.25. The van der Waals surface area contributed by atoms with E-state index in [1.165, 1.54) is 13.2 Å². The van der Waals surface area contributed by atoms with E-state index >= 15 is 0 Å². The van der Waals surface area contributed by atoms with Crippen LogP contribution in [0, 0.1) is 6.92 Å². The van der Waals surface area contributed by atoms with Crippen molar-refractivity contribution >= 4 is 5.76 Å². The molecule has 5 nitrogen and oxygen atoms in total. The fourth-order valence-electron chi connectivity index (χ4n) is 1.59. The second-order valence-corrected chi connectivity index (χ2v) is 3.77. The number of nitrogens with zero attached hydrogens (tertiary/aromatic N) is 1. The van der Waals surface area contributed by atoms with Crippen molar-refractivity contribution in [3.8, 4) is 0 Å². The highest BCUT2D eigenvalue weighted by molar-refractivity contribution is 5.57. The first-order valence-electron chi connectivity index (χ1n) is 5.23. The van der Waals surface area contributed by atoms with Crippen LogP contribution < -0.4 is 5.43 Å². The van der Waals surface area contributed by atoms with Crippen LogP contribution in [-0.2, 0) is 11.3 Å². The third-order valence-electron chi connectivity index (χ3n) is 2.55. The summed E-state index contributed by atoms with van der Waals surface area (Å²) in [6, 6.07) is 1.41. The van der Waals surface area contributed by atoms with Gasteiger partial charge in [0.05, 0.1) is 32.1 Å². The second kappa shape index (κ2) is 5.65. The molecule has 1 aromatic heterocycles. The van der Waals surface area contributed by atoms with E-state index in [0.717, 1.165) is 0 Å². The van der Waals surface area contributed by atoms with Gasteiger partial charge in [-0.25, -0.2) is 0 Å². The first kappa shape index (κ1) is 13.5. The van der Waals surface area contributed by atoms with Gasteiger partial charge in [0, 0.05) is 17.8 Å². The topological polar surface area (TPSA) is 71.7 Å². The second-order valence-electron chi connectivity index (χ2n) is 3.77. The molecule has 0 radical (unpaired) electrons. The zero-order chi connectivity index (χ0) is 13.0. The fourth-order valence-corrected chi connectivity index (χ4v) is 1.59. The van der Waals surface area contributed by atoms with E-state index in [1.807, 2.05) is 0 Å². The molecule has 0 aliphatic rings. The van der Waals surface area contributed by atoms with Gasteiger partial charge in [0.25, 0.3) is 0 Å². The Morgan fingerprint density at radius 3 is 2.82 bits per heavy atom. The van der Waals surface area contributed by atoms with Crippen molar-refractivity contribution < 1.29 is 14.9 Å².